The summed E-state index contributed by atoms with van der Waals surface area (Å²) in [6.45, 7) is 0. The van der Waals surface area contributed by atoms with Crippen LogP contribution < -0.4 is 16.4 Å². The molecule has 0 aliphatic heterocycles. The van der Waals surface area contributed by atoms with Gasteiger partial charge in [-0.3, -0.25) is 0 Å². The lowest BCUT2D eigenvalue weighted by Crippen LogP contribution is -2.39. The Morgan fingerprint density at radius 3 is 2.56 bits per heavy atom. The van der Waals surface area contributed by atoms with E-state index in [4.69, 9.17) is 10.8 Å². The Morgan fingerprint density at radius 2 is 2.06 bits per heavy atom. The average Bonchev–Trinajstić information content (AvgIpc) is 2.18. The first-order chi connectivity index (χ1) is 7.63. The molecule has 5 N–H and O–H groups in total. The molecule has 2 amide bonds. The van der Waals surface area contributed by atoms with Crippen molar-refractivity contribution in [2.24, 2.45) is 5.73 Å². The lowest BCUT2D eigenvalue weighted by molar-refractivity contribution is 0.0834. The third kappa shape index (κ3) is 2.57. The Bertz CT molecular complexity index is 374. The molecule has 0 aromatic carbocycles. The maximum atomic E-state index is 10.5. The third-order valence-corrected chi connectivity index (χ3v) is 2.37. The highest BCUT2D eigenvalue weighted by Gasteiger charge is 2.27. The zero-order valence-corrected chi connectivity index (χ0v) is 8.55. The molecule has 0 atom stereocenters. The minimum absolute atomic E-state index is 0.215. The summed E-state index contributed by atoms with van der Waals surface area (Å²) in [7, 11) is 0. The Kier molecular flexibility index (Phi) is 2.86. The van der Waals surface area contributed by atoms with Gasteiger partial charge < -0.3 is 21.5 Å². The monoisotopic (exact) mass is 223 g/mol. The van der Waals surface area contributed by atoms with E-state index in [1.807, 2.05) is 0 Å². The molecule has 16 heavy (non-hydrogen) atoms. The topological polar surface area (TPSA) is 113 Å². The van der Waals surface area contributed by atoms with Crippen LogP contribution in [0.2, 0.25) is 0 Å². The van der Waals surface area contributed by atoms with E-state index in [2.05, 4.69) is 20.6 Å². The Morgan fingerprint density at radius 1 is 1.44 bits per heavy atom. The number of anilines is 2. The molecule has 0 unspecified atom stereocenters. The molecule has 1 aromatic heterocycles. The number of primary amides is 1. The van der Waals surface area contributed by atoms with Gasteiger partial charge in [0.25, 0.3) is 0 Å². The number of urea groups is 1. The zero-order chi connectivity index (χ0) is 11.5. The lowest BCUT2D eigenvalue weighted by Gasteiger charge is -2.31. The van der Waals surface area contributed by atoms with Crippen LogP contribution in [-0.4, -0.2) is 33.3 Å². The van der Waals surface area contributed by atoms with Gasteiger partial charge in [-0.1, -0.05) is 0 Å². The van der Waals surface area contributed by atoms with E-state index >= 15 is 0 Å². The molecule has 2 rings (SSSR count). The van der Waals surface area contributed by atoms with Gasteiger partial charge in [-0.15, -0.1) is 0 Å². The van der Waals surface area contributed by atoms with Crippen LogP contribution in [0.5, 0.6) is 0 Å². The van der Waals surface area contributed by atoms with Crippen molar-refractivity contribution in [1.82, 2.24) is 9.97 Å². The largest absolute Gasteiger partial charge is 0.393 e. The van der Waals surface area contributed by atoms with Gasteiger partial charge in [-0.05, 0) is 12.8 Å². The smallest absolute Gasteiger partial charge is 0.316 e. The van der Waals surface area contributed by atoms with Crippen LogP contribution >= 0.6 is 0 Å². The third-order valence-electron chi connectivity index (χ3n) is 2.37. The number of nitrogens with two attached hydrogens (primary N) is 1. The van der Waals surface area contributed by atoms with Crippen molar-refractivity contribution in [2.75, 3.05) is 10.6 Å². The van der Waals surface area contributed by atoms with Gasteiger partial charge in [-0.2, -0.15) is 0 Å². The number of aliphatic hydroxyl groups excluding tert-OH is 1. The minimum Gasteiger partial charge on any atom is -0.393 e. The van der Waals surface area contributed by atoms with Gasteiger partial charge in [-0.25, -0.2) is 14.8 Å². The van der Waals surface area contributed by atoms with Crippen LogP contribution in [0, 0.1) is 0 Å². The second kappa shape index (κ2) is 4.31. The van der Waals surface area contributed by atoms with E-state index in [1.165, 1.54) is 12.4 Å². The van der Waals surface area contributed by atoms with Crippen molar-refractivity contribution in [2.45, 2.75) is 25.0 Å². The van der Waals surface area contributed by atoms with Gasteiger partial charge >= 0.3 is 6.03 Å². The molecule has 0 saturated heterocycles. The Balaban J connectivity index is 1.89. The predicted molar refractivity (Wildman–Crippen MR) is 57.9 cm³/mol. The number of hydrogen-bond acceptors (Lipinski definition) is 5. The summed E-state index contributed by atoms with van der Waals surface area (Å²) in [5.41, 5.74) is 5.39. The van der Waals surface area contributed by atoms with Crippen LogP contribution in [0.3, 0.4) is 0 Å². The molecule has 1 aliphatic carbocycles. The number of rotatable bonds is 3. The van der Waals surface area contributed by atoms with Gasteiger partial charge in [0.2, 0.25) is 5.95 Å². The highest BCUT2D eigenvalue weighted by atomic mass is 16.3. The van der Waals surface area contributed by atoms with Crippen LogP contribution in [0.15, 0.2) is 12.4 Å². The minimum atomic E-state index is -0.647. The molecular weight excluding hydrogens is 210 g/mol. The first-order valence-corrected chi connectivity index (χ1v) is 4.96. The van der Waals surface area contributed by atoms with Crippen molar-refractivity contribution in [3.63, 3.8) is 0 Å². The summed E-state index contributed by atoms with van der Waals surface area (Å²) in [6, 6.07) is -0.420. The summed E-state index contributed by atoms with van der Waals surface area (Å²) in [4.78, 5) is 18.5. The van der Waals surface area contributed by atoms with E-state index in [-0.39, 0.29) is 12.1 Å². The van der Waals surface area contributed by atoms with E-state index in [0.717, 1.165) is 0 Å². The van der Waals surface area contributed by atoms with Crippen LogP contribution in [0.4, 0.5) is 16.4 Å². The fourth-order valence-corrected chi connectivity index (χ4v) is 1.50. The van der Waals surface area contributed by atoms with Crippen molar-refractivity contribution in [1.29, 1.82) is 0 Å². The van der Waals surface area contributed by atoms with Gasteiger partial charge in [0, 0.05) is 6.04 Å². The Hall–Kier alpha value is -1.89. The van der Waals surface area contributed by atoms with Crippen LogP contribution in [-0.2, 0) is 0 Å². The highest BCUT2D eigenvalue weighted by Crippen LogP contribution is 2.22. The number of nitrogens with one attached hydrogen (secondary N) is 2. The van der Waals surface area contributed by atoms with Gasteiger partial charge in [0.1, 0.15) is 0 Å². The highest BCUT2D eigenvalue weighted by molar-refractivity contribution is 5.87. The molecule has 86 valence electrons. The fraction of sp³-hybridized carbons (Fsp3) is 0.444. The zero-order valence-electron chi connectivity index (χ0n) is 8.55. The van der Waals surface area contributed by atoms with Gasteiger partial charge in [0.05, 0.1) is 24.2 Å². The number of carbonyl (C=O) groups excluding carboxylic acids is 1. The molecule has 1 aliphatic rings. The molecule has 0 spiro atoms. The van der Waals surface area contributed by atoms with E-state index in [0.29, 0.717) is 24.5 Å². The molecule has 1 heterocycles. The average molecular weight is 223 g/mol. The second-order valence-electron chi connectivity index (χ2n) is 3.75. The summed E-state index contributed by atoms with van der Waals surface area (Å²) in [5, 5.41) is 14.5. The van der Waals surface area contributed by atoms with E-state index < -0.39 is 6.03 Å². The number of aliphatic hydroxyl groups is 1. The summed E-state index contributed by atoms with van der Waals surface area (Å²) in [6.07, 6.45) is 4.15. The normalized spacial score (nSPS) is 23.3. The van der Waals surface area contributed by atoms with Crippen LogP contribution in [0.25, 0.3) is 0 Å². The Labute approximate surface area is 92.1 Å². The molecule has 1 aromatic rings. The quantitative estimate of drug-likeness (QED) is 0.571. The molecule has 7 heteroatoms. The first-order valence-electron chi connectivity index (χ1n) is 4.96. The molecule has 1 fully saturated rings. The summed E-state index contributed by atoms with van der Waals surface area (Å²) < 4.78 is 0. The van der Waals surface area contributed by atoms with E-state index in [1.54, 1.807) is 0 Å². The maximum Gasteiger partial charge on any atom is 0.316 e. The lowest BCUT2D eigenvalue weighted by atomic mass is 9.90. The van der Waals surface area contributed by atoms with Gasteiger partial charge in [0.15, 0.2) is 0 Å². The standard InChI is InChI=1S/C9H13N5O2/c10-8(16)13-6-3-11-9(12-4-6)14-5-1-7(15)2-5/h3-5,7,15H,1-2H2,(H3,10,13,16)(H,11,12,14). The number of aromatic nitrogens is 2. The van der Waals surface area contributed by atoms with Crippen molar-refractivity contribution in [3.05, 3.63) is 12.4 Å². The molecule has 0 radical (unpaired) electrons. The van der Waals surface area contributed by atoms with Crippen molar-refractivity contribution in [3.8, 4) is 0 Å². The number of hydrogen-bond donors (Lipinski definition) is 4. The first kappa shape index (κ1) is 10.6. The van der Waals surface area contributed by atoms with Crippen molar-refractivity contribution < 1.29 is 9.90 Å². The predicted octanol–water partition coefficient (Wildman–Crippen LogP) is -0.0976. The fourth-order valence-electron chi connectivity index (χ4n) is 1.50. The number of nitrogens with zero attached hydrogens (tertiary/aromatic N) is 2. The SMILES string of the molecule is NC(=O)Nc1cnc(NC2CC(O)C2)nc1. The molecular formula is C9H13N5O2. The molecule has 1 saturated carbocycles. The second-order valence-corrected chi connectivity index (χ2v) is 3.75. The molecule has 7 nitrogen and oxygen atoms in total. The summed E-state index contributed by atoms with van der Waals surface area (Å²) in [5.74, 6) is 0.479. The van der Waals surface area contributed by atoms with Crippen LogP contribution in [0.1, 0.15) is 12.8 Å². The summed E-state index contributed by atoms with van der Waals surface area (Å²) >= 11 is 0. The molecule has 0 bridgehead atoms. The number of amides is 2. The maximum absolute atomic E-state index is 10.5. The van der Waals surface area contributed by atoms with Crippen molar-refractivity contribution >= 4 is 17.7 Å². The number of carbonyl (C=O) groups is 1. The van der Waals surface area contributed by atoms with E-state index in [9.17, 15) is 4.79 Å².